The summed E-state index contributed by atoms with van der Waals surface area (Å²) in [5.41, 5.74) is 1.07. The van der Waals surface area contributed by atoms with E-state index in [2.05, 4.69) is 53.2 Å². The quantitative estimate of drug-likeness (QED) is 0.283. The van der Waals surface area contributed by atoms with Crippen molar-refractivity contribution < 1.29 is 25.9 Å². The summed E-state index contributed by atoms with van der Waals surface area (Å²) >= 11 is -0.221. The van der Waals surface area contributed by atoms with Crippen LogP contribution in [0.4, 0.5) is 0 Å². The largest absolute Gasteiger partial charge is 0.494 e. The summed E-state index contributed by atoms with van der Waals surface area (Å²) in [4.78, 5) is 0. The van der Waals surface area contributed by atoms with Gasteiger partial charge >= 0.3 is 21.2 Å². The molecular formula is C24H30IO+. The highest BCUT2D eigenvalue weighted by atomic mass is 127. The molecule has 0 fully saturated rings. The monoisotopic (exact) mass is 461 g/mol. The van der Waals surface area contributed by atoms with Gasteiger partial charge in [0.15, 0.2) is 3.93 Å². The maximum atomic E-state index is 5.84. The first-order valence-corrected chi connectivity index (χ1v) is 12.0. The Hall–Kier alpha value is -1.47. The molecule has 0 bridgehead atoms. The van der Waals surface area contributed by atoms with Gasteiger partial charge in [0.2, 0.25) is 3.57 Å². The standard InChI is InChI=1S/C24H30IO/c1-2-3-4-5-6-7-8-12-21-26-24-17-15-22(16-18-24)19-20-25-23-13-10-9-11-14-23/h9-11,13-18H,2-8,12,21H2,1H3/q+1. The van der Waals surface area contributed by atoms with E-state index in [4.69, 9.17) is 4.74 Å². The highest BCUT2D eigenvalue weighted by Crippen LogP contribution is 2.13. The molecule has 2 rings (SSSR count). The van der Waals surface area contributed by atoms with Crippen LogP contribution in [0.1, 0.15) is 63.9 Å². The fraction of sp³-hybridized carbons (Fsp3) is 0.417. The first kappa shape index (κ1) is 20.8. The molecule has 0 radical (unpaired) electrons. The van der Waals surface area contributed by atoms with Crippen molar-refractivity contribution in [2.75, 3.05) is 6.61 Å². The van der Waals surface area contributed by atoms with Crippen LogP contribution in [0.2, 0.25) is 0 Å². The Morgan fingerprint density at radius 2 is 1.42 bits per heavy atom. The number of rotatable bonds is 11. The summed E-state index contributed by atoms with van der Waals surface area (Å²) in [6.45, 7) is 3.09. The van der Waals surface area contributed by atoms with Gasteiger partial charge < -0.3 is 4.74 Å². The van der Waals surface area contributed by atoms with Crippen LogP contribution in [0, 0.1) is 13.4 Å². The van der Waals surface area contributed by atoms with Crippen LogP contribution >= 0.6 is 0 Å². The minimum absolute atomic E-state index is 0.221. The first-order chi connectivity index (χ1) is 12.9. The van der Waals surface area contributed by atoms with E-state index < -0.39 is 0 Å². The lowest BCUT2D eigenvalue weighted by molar-refractivity contribution is -0.535. The van der Waals surface area contributed by atoms with Crippen LogP contribution in [-0.2, 0) is 0 Å². The molecule has 0 amide bonds. The second kappa shape index (κ2) is 13.7. The summed E-state index contributed by atoms with van der Waals surface area (Å²) in [6, 6.07) is 18.7. The summed E-state index contributed by atoms with van der Waals surface area (Å²) in [6.07, 6.45) is 10.6. The van der Waals surface area contributed by atoms with Gasteiger partial charge in [0.25, 0.3) is 0 Å². The fourth-order valence-corrected chi connectivity index (χ4v) is 4.20. The lowest BCUT2D eigenvalue weighted by Crippen LogP contribution is -3.59. The van der Waals surface area contributed by atoms with Gasteiger partial charge in [-0.3, -0.25) is 0 Å². The van der Waals surface area contributed by atoms with Crippen molar-refractivity contribution in [2.45, 2.75) is 58.3 Å². The Morgan fingerprint density at radius 3 is 2.12 bits per heavy atom. The minimum Gasteiger partial charge on any atom is -0.494 e. The number of unbranched alkanes of at least 4 members (excludes halogenated alkanes) is 7. The van der Waals surface area contributed by atoms with Crippen LogP contribution in [0.3, 0.4) is 0 Å². The Morgan fingerprint density at radius 1 is 0.769 bits per heavy atom. The third kappa shape index (κ3) is 9.29. The van der Waals surface area contributed by atoms with E-state index in [1.54, 1.807) is 0 Å². The van der Waals surface area contributed by atoms with Crippen LogP contribution < -0.4 is 25.9 Å². The van der Waals surface area contributed by atoms with Gasteiger partial charge in [0, 0.05) is 5.56 Å². The summed E-state index contributed by atoms with van der Waals surface area (Å²) < 4.78 is 10.5. The van der Waals surface area contributed by atoms with Crippen molar-refractivity contribution >= 4 is 0 Å². The lowest BCUT2D eigenvalue weighted by Gasteiger charge is -2.06. The van der Waals surface area contributed by atoms with E-state index >= 15 is 0 Å². The number of benzene rings is 2. The van der Waals surface area contributed by atoms with Crippen molar-refractivity contribution in [1.29, 1.82) is 0 Å². The Kier molecular flexibility index (Phi) is 11.0. The second-order valence-electron chi connectivity index (χ2n) is 6.46. The molecule has 0 aliphatic rings. The summed E-state index contributed by atoms with van der Waals surface area (Å²) in [7, 11) is 0. The predicted molar refractivity (Wildman–Crippen MR) is 107 cm³/mol. The van der Waals surface area contributed by atoms with Gasteiger partial charge in [-0.05, 0) is 48.7 Å². The molecule has 2 aromatic rings. The van der Waals surface area contributed by atoms with E-state index in [0.29, 0.717) is 0 Å². The molecule has 2 heteroatoms. The molecule has 0 aliphatic heterocycles. The first-order valence-electron chi connectivity index (χ1n) is 9.81. The highest BCUT2D eigenvalue weighted by molar-refractivity contribution is 5.37. The van der Waals surface area contributed by atoms with Crippen molar-refractivity contribution in [3.05, 3.63) is 63.7 Å². The van der Waals surface area contributed by atoms with Crippen molar-refractivity contribution in [1.82, 2.24) is 0 Å². The van der Waals surface area contributed by atoms with Gasteiger partial charge in [-0.1, -0.05) is 70.1 Å². The zero-order valence-electron chi connectivity index (χ0n) is 15.8. The molecule has 0 aromatic heterocycles. The average Bonchev–Trinajstić information content (AvgIpc) is 2.69. The Balaban J connectivity index is 1.59. The van der Waals surface area contributed by atoms with Gasteiger partial charge in [0.05, 0.1) is 6.61 Å². The average molecular weight is 461 g/mol. The summed E-state index contributed by atoms with van der Waals surface area (Å²) in [5, 5.41) is 0. The Bertz CT molecular complexity index is 652. The molecule has 0 saturated carbocycles. The van der Waals surface area contributed by atoms with Gasteiger partial charge in [-0.2, -0.15) is 0 Å². The third-order valence-electron chi connectivity index (χ3n) is 4.20. The molecule has 0 unspecified atom stereocenters. The van der Waals surface area contributed by atoms with Gasteiger partial charge in [-0.25, -0.2) is 0 Å². The Labute approximate surface area is 169 Å². The molecular weight excluding hydrogens is 431 g/mol. The van der Waals surface area contributed by atoms with Crippen molar-refractivity contribution in [3.63, 3.8) is 0 Å². The minimum atomic E-state index is -0.221. The number of ether oxygens (including phenoxy) is 1. The predicted octanol–water partition coefficient (Wildman–Crippen LogP) is 3.47. The van der Waals surface area contributed by atoms with E-state index in [-0.39, 0.29) is 21.2 Å². The van der Waals surface area contributed by atoms with Crippen LogP contribution in [-0.4, -0.2) is 6.61 Å². The molecule has 0 aliphatic carbocycles. The van der Waals surface area contributed by atoms with E-state index in [0.717, 1.165) is 24.3 Å². The van der Waals surface area contributed by atoms with Gasteiger partial charge in [-0.15, -0.1) is 0 Å². The SMILES string of the molecule is CCCCCCCCCCOc1ccc(C#C[I+]c2ccccc2)cc1. The molecule has 0 atom stereocenters. The molecule has 0 saturated heterocycles. The van der Waals surface area contributed by atoms with Crippen molar-refractivity contribution in [3.8, 4) is 15.6 Å². The van der Waals surface area contributed by atoms with E-state index in [9.17, 15) is 0 Å². The topological polar surface area (TPSA) is 9.23 Å². The smallest absolute Gasteiger partial charge is 0.420 e. The molecule has 0 N–H and O–H groups in total. The number of halogens is 1. The second-order valence-corrected chi connectivity index (χ2v) is 8.78. The van der Waals surface area contributed by atoms with Crippen LogP contribution in [0.15, 0.2) is 54.6 Å². The third-order valence-corrected chi connectivity index (χ3v) is 6.08. The molecule has 0 heterocycles. The molecule has 26 heavy (non-hydrogen) atoms. The summed E-state index contributed by atoms with van der Waals surface area (Å²) in [5.74, 6) is 4.22. The molecule has 2 aromatic carbocycles. The number of hydrogen-bond donors (Lipinski definition) is 0. The van der Waals surface area contributed by atoms with E-state index in [1.165, 1.54) is 48.5 Å². The van der Waals surface area contributed by atoms with Crippen LogP contribution in [0.25, 0.3) is 0 Å². The zero-order chi connectivity index (χ0) is 18.3. The van der Waals surface area contributed by atoms with Crippen LogP contribution in [0.5, 0.6) is 5.75 Å². The maximum absolute atomic E-state index is 5.84. The molecule has 0 spiro atoms. The van der Waals surface area contributed by atoms with E-state index in [1.807, 2.05) is 18.2 Å². The molecule has 1 nitrogen and oxygen atoms in total. The normalized spacial score (nSPS) is 10.2. The van der Waals surface area contributed by atoms with Gasteiger partial charge in [0.1, 0.15) is 5.75 Å². The maximum Gasteiger partial charge on any atom is 0.420 e. The fourth-order valence-electron chi connectivity index (χ4n) is 2.67. The lowest BCUT2D eigenvalue weighted by atomic mass is 10.1. The molecule has 138 valence electrons. The highest BCUT2D eigenvalue weighted by Gasteiger charge is 2.06. The zero-order valence-corrected chi connectivity index (χ0v) is 18.0. The number of hydrogen-bond acceptors (Lipinski definition) is 1. The van der Waals surface area contributed by atoms with Crippen molar-refractivity contribution in [2.24, 2.45) is 0 Å².